The van der Waals surface area contributed by atoms with Crippen LogP contribution in [-0.2, 0) is 10.0 Å². The van der Waals surface area contributed by atoms with Gasteiger partial charge in [0.05, 0.1) is 18.5 Å². The van der Waals surface area contributed by atoms with Crippen molar-refractivity contribution in [2.24, 2.45) is 0 Å². The van der Waals surface area contributed by atoms with Crippen molar-refractivity contribution in [2.75, 3.05) is 42.6 Å². The zero-order valence-electron chi connectivity index (χ0n) is 14.9. The van der Waals surface area contributed by atoms with E-state index >= 15 is 0 Å². The highest BCUT2D eigenvalue weighted by molar-refractivity contribution is 7.92. The summed E-state index contributed by atoms with van der Waals surface area (Å²) in [7, 11) is 0.276. The maximum absolute atomic E-state index is 13.2. The third-order valence-corrected chi connectivity index (χ3v) is 4.94. The minimum atomic E-state index is -3.51. The summed E-state index contributed by atoms with van der Waals surface area (Å²) in [4.78, 5) is 13.9. The van der Waals surface area contributed by atoms with Crippen molar-refractivity contribution < 1.29 is 17.6 Å². The van der Waals surface area contributed by atoms with Crippen LogP contribution in [0.5, 0.6) is 0 Å². The van der Waals surface area contributed by atoms with E-state index in [9.17, 15) is 17.6 Å². The van der Waals surface area contributed by atoms with E-state index in [1.807, 2.05) is 31.1 Å². The van der Waals surface area contributed by atoms with Gasteiger partial charge in [-0.15, -0.1) is 0 Å². The van der Waals surface area contributed by atoms with Gasteiger partial charge in [0.25, 0.3) is 5.91 Å². The topological polar surface area (TPSA) is 69.7 Å². The van der Waals surface area contributed by atoms with Gasteiger partial charge in [0.15, 0.2) is 0 Å². The summed E-state index contributed by atoms with van der Waals surface area (Å²) >= 11 is 0. The van der Waals surface area contributed by atoms with E-state index in [1.165, 1.54) is 22.5 Å². The molecule has 0 radical (unpaired) electrons. The largest absolute Gasteiger partial charge is 0.378 e. The number of hydrogen-bond acceptors (Lipinski definition) is 4. The molecule has 0 bridgehead atoms. The van der Waals surface area contributed by atoms with Crippen LogP contribution in [0.2, 0.25) is 0 Å². The number of benzene rings is 2. The summed E-state index contributed by atoms with van der Waals surface area (Å²) in [6.45, 7) is 0.166. The smallest absolute Gasteiger partial charge is 0.251 e. The molecule has 0 unspecified atom stereocenters. The molecule has 2 aromatic carbocycles. The molecule has 0 aromatic heterocycles. The Morgan fingerprint density at radius 2 is 1.69 bits per heavy atom. The Labute approximate surface area is 153 Å². The highest BCUT2D eigenvalue weighted by Gasteiger charge is 2.17. The zero-order chi connectivity index (χ0) is 19.3. The summed E-state index contributed by atoms with van der Waals surface area (Å²) in [5.41, 5.74) is 1.64. The number of carbonyl (C=O) groups excluding carboxylic acids is 1. The van der Waals surface area contributed by atoms with Crippen LogP contribution in [0.25, 0.3) is 0 Å². The minimum absolute atomic E-state index is 0.0706. The Morgan fingerprint density at radius 3 is 2.23 bits per heavy atom. The van der Waals surface area contributed by atoms with Crippen LogP contribution in [0, 0.1) is 5.82 Å². The number of sulfonamides is 1. The van der Waals surface area contributed by atoms with Gasteiger partial charge in [-0.2, -0.15) is 0 Å². The molecule has 1 amide bonds. The van der Waals surface area contributed by atoms with Gasteiger partial charge in [0.2, 0.25) is 10.0 Å². The number of nitrogens with one attached hydrogen (secondary N) is 1. The first kappa shape index (κ1) is 19.7. The molecule has 26 heavy (non-hydrogen) atoms. The van der Waals surface area contributed by atoms with Crippen LogP contribution in [0.1, 0.15) is 10.4 Å². The van der Waals surface area contributed by atoms with Gasteiger partial charge in [-0.05, 0) is 42.5 Å². The Kier molecular flexibility index (Phi) is 6.20. The van der Waals surface area contributed by atoms with E-state index in [0.717, 1.165) is 18.0 Å². The van der Waals surface area contributed by atoms with Crippen molar-refractivity contribution in [3.63, 3.8) is 0 Å². The summed E-state index contributed by atoms with van der Waals surface area (Å²) in [6.07, 6.45) is 1.11. The van der Waals surface area contributed by atoms with Crippen molar-refractivity contribution >= 4 is 27.3 Å². The van der Waals surface area contributed by atoms with Crippen LogP contribution in [-0.4, -0.2) is 47.8 Å². The molecule has 6 nitrogen and oxygen atoms in total. The molecular weight excluding hydrogens is 357 g/mol. The molecule has 0 aliphatic carbocycles. The lowest BCUT2D eigenvalue weighted by Gasteiger charge is -2.23. The van der Waals surface area contributed by atoms with Gasteiger partial charge in [0.1, 0.15) is 5.82 Å². The third kappa shape index (κ3) is 5.19. The van der Waals surface area contributed by atoms with Gasteiger partial charge in [0, 0.05) is 31.9 Å². The van der Waals surface area contributed by atoms with Crippen LogP contribution in [0.3, 0.4) is 0 Å². The number of amides is 1. The van der Waals surface area contributed by atoms with E-state index in [2.05, 4.69) is 5.32 Å². The molecule has 0 heterocycles. The third-order valence-electron chi connectivity index (χ3n) is 3.74. The van der Waals surface area contributed by atoms with Crippen molar-refractivity contribution in [1.29, 1.82) is 0 Å². The van der Waals surface area contributed by atoms with Crippen molar-refractivity contribution in [2.45, 2.75) is 0 Å². The second-order valence-corrected chi connectivity index (χ2v) is 7.92. The fourth-order valence-electron chi connectivity index (χ4n) is 2.41. The fourth-order valence-corrected chi connectivity index (χ4v) is 3.33. The molecular formula is C18H22FN3O3S. The van der Waals surface area contributed by atoms with E-state index in [0.29, 0.717) is 5.69 Å². The van der Waals surface area contributed by atoms with Gasteiger partial charge in [-0.1, -0.05) is 6.07 Å². The number of rotatable bonds is 7. The molecule has 0 aliphatic heterocycles. The molecule has 0 saturated heterocycles. The van der Waals surface area contributed by atoms with Crippen LogP contribution in [0.4, 0.5) is 15.8 Å². The Bertz CT molecular complexity index is 868. The molecule has 0 saturated carbocycles. The lowest BCUT2D eigenvalue weighted by atomic mass is 10.2. The average Bonchev–Trinajstić information content (AvgIpc) is 2.57. The van der Waals surface area contributed by atoms with Gasteiger partial charge < -0.3 is 10.2 Å². The highest BCUT2D eigenvalue weighted by Crippen LogP contribution is 2.21. The fraction of sp³-hybridized carbons (Fsp3) is 0.278. The molecule has 0 spiro atoms. The Hall–Kier alpha value is -2.61. The first-order chi connectivity index (χ1) is 12.2. The summed E-state index contributed by atoms with van der Waals surface area (Å²) in [6, 6.07) is 12.4. The molecule has 140 valence electrons. The molecule has 1 N–H and O–H groups in total. The monoisotopic (exact) mass is 379 g/mol. The molecule has 0 aliphatic rings. The standard InChI is InChI=1S/C18H22FN3O3S/c1-21(2)16-7-9-17(10-8-16)22(26(3,24)25)12-11-20-18(23)14-5-4-6-15(19)13-14/h4-10,13H,11-12H2,1-3H3,(H,20,23). The highest BCUT2D eigenvalue weighted by atomic mass is 32.2. The molecule has 0 atom stereocenters. The maximum Gasteiger partial charge on any atom is 0.251 e. The molecule has 0 fully saturated rings. The SMILES string of the molecule is CN(C)c1ccc(N(CCNC(=O)c2cccc(F)c2)S(C)(=O)=O)cc1. The van der Waals surface area contributed by atoms with Crippen LogP contribution < -0.4 is 14.5 Å². The van der Waals surface area contributed by atoms with E-state index in [-0.39, 0.29) is 18.7 Å². The summed E-state index contributed by atoms with van der Waals surface area (Å²) < 4.78 is 38.6. The number of halogens is 1. The lowest BCUT2D eigenvalue weighted by Crippen LogP contribution is -2.38. The molecule has 2 aromatic rings. The van der Waals surface area contributed by atoms with Crippen molar-refractivity contribution in [3.05, 3.63) is 59.9 Å². The second-order valence-electron chi connectivity index (χ2n) is 6.01. The summed E-state index contributed by atoms with van der Waals surface area (Å²) in [5, 5.41) is 2.61. The van der Waals surface area contributed by atoms with Gasteiger partial charge >= 0.3 is 0 Å². The summed E-state index contributed by atoms with van der Waals surface area (Å²) in [5.74, 6) is -0.961. The number of carbonyl (C=O) groups is 1. The quantitative estimate of drug-likeness (QED) is 0.800. The van der Waals surface area contributed by atoms with Gasteiger partial charge in [-0.25, -0.2) is 12.8 Å². The number of hydrogen-bond donors (Lipinski definition) is 1. The van der Waals surface area contributed by atoms with Crippen LogP contribution in [0.15, 0.2) is 48.5 Å². The number of anilines is 2. The maximum atomic E-state index is 13.2. The number of nitrogens with zero attached hydrogens (tertiary/aromatic N) is 2. The van der Waals surface area contributed by atoms with Crippen LogP contribution >= 0.6 is 0 Å². The lowest BCUT2D eigenvalue weighted by molar-refractivity contribution is 0.0954. The predicted molar refractivity (Wildman–Crippen MR) is 102 cm³/mol. The van der Waals surface area contributed by atoms with Crippen molar-refractivity contribution in [3.8, 4) is 0 Å². The second kappa shape index (κ2) is 8.18. The first-order valence-corrected chi connectivity index (χ1v) is 9.82. The van der Waals surface area contributed by atoms with E-state index in [4.69, 9.17) is 0 Å². The average molecular weight is 379 g/mol. The first-order valence-electron chi connectivity index (χ1n) is 7.97. The molecule has 2 rings (SSSR count). The van der Waals surface area contributed by atoms with E-state index < -0.39 is 21.7 Å². The Balaban J connectivity index is 2.06. The Morgan fingerprint density at radius 1 is 1.08 bits per heavy atom. The minimum Gasteiger partial charge on any atom is -0.378 e. The predicted octanol–water partition coefficient (Wildman–Crippen LogP) is 2.09. The van der Waals surface area contributed by atoms with E-state index in [1.54, 1.807) is 12.1 Å². The van der Waals surface area contributed by atoms with Gasteiger partial charge in [-0.3, -0.25) is 9.10 Å². The molecule has 8 heteroatoms. The zero-order valence-corrected chi connectivity index (χ0v) is 15.8. The van der Waals surface area contributed by atoms with Crippen molar-refractivity contribution in [1.82, 2.24) is 5.32 Å². The normalized spacial score (nSPS) is 11.1.